The van der Waals surface area contributed by atoms with Gasteiger partial charge < -0.3 is 14.4 Å². The zero-order valence-electron chi connectivity index (χ0n) is 9.99. The van der Waals surface area contributed by atoms with Crippen LogP contribution >= 0.6 is 0 Å². The normalized spacial score (nSPS) is 10.2. The van der Waals surface area contributed by atoms with E-state index in [1.54, 1.807) is 18.2 Å². The lowest BCUT2D eigenvalue weighted by Crippen LogP contribution is -2.09. The highest BCUT2D eigenvalue weighted by Crippen LogP contribution is 2.24. The van der Waals surface area contributed by atoms with Gasteiger partial charge in [0.05, 0.1) is 19.2 Å². The van der Waals surface area contributed by atoms with Gasteiger partial charge in [0.2, 0.25) is 5.76 Å². The third kappa shape index (κ3) is 2.59. The van der Waals surface area contributed by atoms with E-state index >= 15 is 0 Å². The number of ether oxygens (including phenoxy) is 1. The lowest BCUT2D eigenvalue weighted by molar-refractivity contribution is -0.139. The van der Waals surface area contributed by atoms with E-state index < -0.39 is 11.9 Å². The average molecular weight is 262 g/mol. The number of aromatic carboxylic acids is 1. The number of carboxylic acid groups (broad SMARTS) is 1. The number of carbonyl (C=O) groups is 2. The quantitative estimate of drug-likeness (QED) is 0.824. The molecule has 0 bridgehead atoms. The van der Waals surface area contributed by atoms with Crippen LogP contribution in [-0.2, 0) is 16.0 Å². The molecule has 1 N–H and O–H groups in total. The first-order chi connectivity index (χ1) is 9.13. The van der Waals surface area contributed by atoms with Crippen LogP contribution in [0.1, 0.15) is 16.1 Å². The highest BCUT2D eigenvalue weighted by atomic mass is 16.5. The van der Waals surface area contributed by atoms with Gasteiger partial charge in [0, 0.05) is 11.8 Å². The van der Waals surface area contributed by atoms with Crippen molar-refractivity contribution in [2.75, 3.05) is 7.11 Å². The van der Waals surface area contributed by atoms with Crippen LogP contribution < -0.4 is 0 Å². The van der Waals surface area contributed by atoms with E-state index in [1.165, 1.54) is 13.3 Å². The first-order valence-electron chi connectivity index (χ1n) is 5.33. The summed E-state index contributed by atoms with van der Waals surface area (Å²) in [5.41, 5.74) is 0.805. The van der Waals surface area contributed by atoms with E-state index in [9.17, 15) is 9.59 Å². The topological polar surface area (TPSA) is 103 Å². The molecule has 0 aliphatic carbocycles. The van der Waals surface area contributed by atoms with Gasteiger partial charge in [-0.25, -0.2) is 4.79 Å². The summed E-state index contributed by atoms with van der Waals surface area (Å²) in [4.78, 5) is 26.4. The summed E-state index contributed by atoms with van der Waals surface area (Å²) in [6, 6.07) is 5.07. The van der Waals surface area contributed by atoms with Crippen LogP contribution in [0.25, 0.3) is 11.4 Å². The highest BCUT2D eigenvalue weighted by molar-refractivity contribution is 5.90. The number of aromatic nitrogens is 2. The SMILES string of the molecule is COC(=O)Cc1c(-c2ccccn2)noc1C(=O)O. The Labute approximate surface area is 107 Å². The van der Waals surface area contributed by atoms with Gasteiger partial charge in [0.1, 0.15) is 5.69 Å². The van der Waals surface area contributed by atoms with Crippen molar-refractivity contribution in [3.8, 4) is 11.4 Å². The van der Waals surface area contributed by atoms with Gasteiger partial charge >= 0.3 is 11.9 Å². The standard InChI is InChI=1S/C12H10N2O5/c1-18-9(15)6-7-10(8-4-2-3-5-13-8)14-19-11(7)12(16)17/h2-5H,6H2,1H3,(H,16,17). The number of methoxy groups -OCH3 is 1. The van der Waals surface area contributed by atoms with E-state index in [2.05, 4.69) is 14.9 Å². The molecule has 2 heterocycles. The number of rotatable bonds is 4. The van der Waals surface area contributed by atoms with Crippen molar-refractivity contribution in [1.82, 2.24) is 10.1 Å². The molecule has 0 spiro atoms. The number of carbonyl (C=O) groups excluding carboxylic acids is 1. The molecule has 0 aliphatic rings. The van der Waals surface area contributed by atoms with Crippen molar-refractivity contribution >= 4 is 11.9 Å². The Morgan fingerprint density at radius 2 is 2.21 bits per heavy atom. The van der Waals surface area contributed by atoms with Crippen LogP contribution in [0.5, 0.6) is 0 Å². The third-order valence-electron chi connectivity index (χ3n) is 2.44. The average Bonchev–Trinajstić information content (AvgIpc) is 2.83. The van der Waals surface area contributed by atoms with E-state index in [4.69, 9.17) is 9.63 Å². The second-order valence-electron chi connectivity index (χ2n) is 3.61. The zero-order chi connectivity index (χ0) is 13.8. The molecule has 19 heavy (non-hydrogen) atoms. The maximum Gasteiger partial charge on any atom is 0.375 e. The fourth-order valence-electron chi connectivity index (χ4n) is 1.56. The minimum atomic E-state index is -1.30. The van der Waals surface area contributed by atoms with Crippen molar-refractivity contribution < 1.29 is 24.0 Å². The number of hydrogen-bond donors (Lipinski definition) is 1. The van der Waals surface area contributed by atoms with Gasteiger partial charge in [0.25, 0.3) is 0 Å². The minimum absolute atomic E-state index is 0.151. The fourth-order valence-corrected chi connectivity index (χ4v) is 1.56. The van der Waals surface area contributed by atoms with Crippen LogP contribution in [0.4, 0.5) is 0 Å². The Hall–Kier alpha value is -2.70. The van der Waals surface area contributed by atoms with Crippen LogP contribution in [-0.4, -0.2) is 34.3 Å². The lowest BCUT2D eigenvalue weighted by atomic mass is 10.1. The summed E-state index contributed by atoms with van der Waals surface area (Å²) in [6.45, 7) is 0. The molecule has 0 saturated heterocycles. The maximum absolute atomic E-state index is 11.3. The van der Waals surface area contributed by atoms with Gasteiger partial charge in [-0.3, -0.25) is 9.78 Å². The molecule has 7 nitrogen and oxygen atoms in total. The van der Waals surface area contributed by atoms with E-state index in [-0.39, 0.29) is 23.4 Å². The molecule has 0 fully saturated rings. The maximum atomic E-state index is 11.3. The number of nitrogens with zero attached hydrogens (tertiary/aromatic N) is 2. The molecule has 0 aromatic carbocycles. The molecule has 0 atom stereocenters. The van der Waals surface area contributed by atoms with E-state index in [0.717, 1.165) is 0 Å². The highest BCUT2D eigenvalue weighted by Gasteiger charge is 2.25. The Balaban J connectivity index is 2.50. The molecule has 0 radical (unpaired) electrons. The third-order valence-corrected chi connectivity index (χ3v) is 2.44. The van der Waals surface area contributed by atoms with Crippen molar-refractivity contribution in [2.24, 2.45) is 0 Å². The summed E-state index contributed by atoms with van der Waals surface area (Å²) in [5, 5.41) is 12.7. The summed E-state index contributed by atoms with van der Waals surface area (Å²) in [7, 11) is 1.22. The molecule has 0 unspecified atom stereocenters. The molecule has 2 aromatic heterocycles. The summed E-state index contributed by atoms with van der Waals surface area (Å²) < 4.78 is 9.29. The summed E-state index contributed by atoms with van der Waals surface area (Å²) in [5.74, 6) is -2.26. The second kappa shape index (κ2) is 5.30. The number of carboxylic acids is 1. The lowest BCUT2D eigenvalue weighted by Gasteiger charge is -2.00. The predicted molar refractivity (Wildman–Crippen MR) is 62.4 cm³/mol. The van der Waals surface area contributed by atoms with Crippen LogP contribution in [0, 0.1) is 0 Å². The molecular formula is C12H10N2O5. The Kier molecular flexibility index (Phi) is 3.56. The minimum Gasteiger partial charge on any atom is -0.475 e. The Morgan fingerprint density at radius 3 is 2.79 bits per heavy atom. The predicted octanol–water partition coefficient (Wildman–Crippen LogP) is 1.15. The second-order valence-corrected chi connectivity index (χ2v) is 3.61. The van der Waals surface area contributed by atoms with E-state index in [1.807, 2.05) is 0 Å². The molecule has 0 saturated carbocycles. The molecule has 2 rings (SSSR count). The number of pyridine rings is 1. The van der Waals surface area contributed by atoms with Gasteiger partial charge in [-0.05, 0) is 12.1 Å². The molecule has 7 heteroatoms. The van der Waals surface area contributed by atoms with Crippen LogP contribution in [0.15, 0.2) is 28.9 Å². The van der Waals surface area contributed by atoms with Crippen LogP contribution in [0.2, 0.25) is 0 Å². The van der Waals surface area contributed by atoms with Gasteiger partial charge in [-0.15, -0.1) is 0 Å². The molecule has 2 aromatic rings. The van der Waals surface area contributed by atoms with Gasteiger partial charge in [-0.1, -0.05) is 11.2 Å². The van der Waals surface area contributed by atoms with E-state index in [0.29, 0.717) is 5.69 Å². The van der Waals surface area contributed by atoms with Crippen molar-refractivity contribution in [2.45, 2.75) is 6.42 Å². The fraction of sp³-hybridized carbons (Fsp3) is 0.167. The summed E-state index contributed by atoms with van der Waals surface area (Å²) >= 11 is 0. The summed E-state index contributed by atoms with van der Waals surface area (Å²) in [6.07, 6.45) is 1.29. The first-order valence-corrected chi connectivity index (χ1v) is 5.33. The molecule has 0 aliphatic heterocycles. The Bertz CT molecular complexity index is 606. The zero-order valence-corrected chi connectivity index (χ0v) is 9.99. The van der Waals surface area contributed by atoms with Crippen molar-refractivity contribution in [3.05, 3.63) is 35.7 Å². The number of esters is 1. The molecular weight excluding hydrogens is 252 g/mol. The largest absolute Gasteiger partial charge is 0.475 e. The molecule has 0 amide bonds. The Morgan fingerprint density at radius 1 is 1.42 bits per heavy atom. The molecule has 98 valence electrons. The van der Waals surface area contributed by atoms with Crippen molar-refractivity contribution in [1.29, 1.82) is 0 Å². The first kappa shape index (κ1) is 12.7. The number of hydrogen-bond acceptors (Lipinski definition) is 6. The monoisotopic (exact) mass is 262 g/mol. The van der Waals surface area contributed by atoms with Gasteiger partial charge in [-0.2, -0.15) is 0 Å². The van der Waals surface area contributed by atoms with Crippen molar-refractivity contribution in [3.63, 3.8) is 0 Å². The van der Waals surface area contributed by atoms with Crippen LogP contribution in [0.3, 0.4) is 0 Å². The van der Waals surface area contributed by atoms with Gasteiger partial charge in [0.15, 0.2) is 0 Å². The smallest absolute Gasteiger partial charge is 0.375 e.